The Kier molecular flexibility index (Phi) is 3.95. The van der Waals surface area contributed by atoms with Crippen LogP contribution in [0.1, 0.15) is 20.8 Å². The Labute approximate surface area is 83.8 Å². The number of esters is 1. The molecule has 0 bridgehead atoms. The molecule has 0 aromatic carbocycles. The van der Waals surface area contributed by atoms with Crippen LogP contribution >= 0.6 is 0 Å². The molecule has 1 rings (SSSR count). The van der Waals surface area contributed by atoms with E-state index in [-0.39, 0.29) is 24.8 Å². The molecule has 80 valence electrons. The molecular weight excluding hydrogens is 184 g/mol. The van der Waals surface area contributed by atoms with Crippen LogP contribution in [0.15, 0.2) is 11.8 Å². The zero-order valence-corrected chi connectivity index (χ0v) is 8.78. The zero-order chi connectivity index (χ0) is 10.6. The van der Waals surface area contributed by atoms with Crippen LogP contribution in [0.5, 0.6) is 0 Å². The van der Waals surface area contributed by atoms with Crippen molar-refractivity contribution in [1.82, 2.24) is 0 Å². The van der Waals surface area contributed by atoms with Crippen molar-refractivity contribution in [3.05, 3.63) is 11.8 Å². The highest BCUT2D eigenvalue weighted by Gasteiger charge is 2.27. The summed E-state index contributed by atoms with van der Waals surface area (Å²) in [4.78, 5) is 11.1. The highest BCUT2D eigenvalue weighted by molar-refractivity contribution is 5.82. The second-order valence-corrected chi connectivity index (χ2v) is 3.39. The lowest BCUT2D eigenvalue weighted by Crippen LogP contribution is -2.17. The summed E-state index contributed by atoms with van der Waals surface area (Å²) in [6, 6.07) is 0. The van der Waals surface area contributed by atoms with Gasteiger partial charge in [0, 0.05) is 0 Å². The molecule has 0 amide bonds. The lowest BCUT2D eigenvalue weighted by atomic mass is 10.1. The maximum Gasteiger partial charge on any atom is 0.334 e. The molecule has 0 aliphatic carbocycles. The predicted molar refractivity (Wildman–Crippen MR) is 50.4 cm³/mol. The molecule has 1 heterocycles. The second-order valence-electron chi connectivity index (χ2n) is 3.39. The molecule has 0 N–H and O–H groups in total. The molecule has 0 spiro atoms. The first-order valence-corrected chi connectivity index (χ1v) is 4.78. The molecule has 1 fully saturated rings. The van der Waals surface area contributed by atoms with Gasteiger partial charge in [-0.15, -0.1) is 0 Å². The van der Waals surface area contributed by atoms with Gasteiger partial charge < -0.3 is 14.2 Å². The first-order chi connectivity index (χ1) is 6.65. The Morgan fingerprint density at radius 2 is 2.43 bits per heavy atom. The summed E-state index contributed by atoms with van der Waals surface area (Å²) in [5.41, 5.74) is 0. The summed E-state index contributed by atoms with van der Waals surface area (Å²) >= 11 is 0. The van der Waals surface area contributed by atoms with E-state index in [2.05, 4.69) is 0 Å². The van der Waals surface area contributed by atoms with E-state index in [0.717, 1.165) is 0 Å². The maximum atomic E-state index is 11.1. The van der Waals surface area contributed by atoms with Crippen molar-refractivity contribution in [2.75, 3.05) is 13.4 Å². The van der Waals surface area contributed by atoms with Crippen LogP contribution in [0.25, 0.3) is 0 Å². The summed E-state index contributed by atoms with van der Waals surface area (Å²) in [6.07, 6.45) is 1.24. The van der Waals surface area contributed by atoms with Gasteiger partial charge in [0.25, 0.3) is 0 Å². The van der Waals surface area contributed by atoms with Crippen LogP contribution < -0.4 is 0 Å². The van der Waals surface area contributed by atoms with E-state index in [4.69, 9.17) is 14.2 Å². The predicted octanol–water partition coefficient (Wildman–Crippen LogP) is 1.46. The smallest absolute Gasteiger partial charge is 0.334 e. The van der Waals surface area contributed by atoms with Crippen LogP contribution in [-0.4, -0.2) is 25.5 Å². The van der Waals surface area contributed by atoms with Crippen molar-refractivity contribution in [1.29, 1.82) is 0 Å². The topological polar surface area (TPSA) is 44.8 Å². The van der Waals surface area contributed by atoms with Crippen LogP contribution in [0, 0.1) is 5.92 Å². The lowest BCUT2D eigenvalue weighted by Gasteiger charge is -2.11. The van der Waals surface area contributed by atoms with Gasteiger partial charge in [-0.3, -0.25) is 0 Å². The van der Waals surface area contributed by atoms with Crippen LogP contribution in [0.3, 0.4) is 0 Å². The van der Waals surface area contributed by atoms with Gasteiger partial charge in [0.1, 0.15) is 11.9 Å². The fourth-order valence-electron chi connectivity index (χ4n) is 1.28. The molecule has 1 atom stereocenters. The number of ether oxygens (including phenoxy) is 3. The molecule has 14 heavy (non-hydrogen) atoms. The molecule has 0 aromatic heterocycles. The van der Waals surface area contributed by atoms with E-state index in [1.165, 1.54) is 6.08 Å². The molecule has 4 nitrogen and oxygen atoms in total. The summed E-state index contributed by atoms with van der Waals surface area (Å²) in [5, 5.41) is 0. The standard InChI is InChI=1S/C10H16O4/c1-4-12-9(11)5-8-10(7(2)3)14-6-13-8/h5,7,10H,4,6H2,1-3H3/b8-5+/t10-/m0/s1. The second kappa shape index (κ2) is 5.00. The van der Waals surface area contributed by atoms with Gasteiger partial charge in [0.2, 0.25) is 0 Å². The first-order valence-electron chi connectivity index (χ1n) is 4.78. The lowest BCUT2D eigenvalue weighted by molar-refractivity contribution is -0.137. The number of rotatable bonds is 3. The number of hydrogen-bond donors (Lipinski definition) is 0. The molecule has 1 aliphatic rings. The van der Waals surface area contributed by atoms with Crippen molar-refractivity contribution < 1.29 is 19.0 Å². The minimum Gasteiger partial charge on any atom is -0.469 e. The quantitative estimate of drug-likeness (QED) is 0.511. The highest BCUT2D eigenvalue weighted by Crippen LogP contribution is 2.23. The molecule has 1 aliphatic heterocycles. The van der Waals surface area contributed by atoms with Crippen molar-refractivity contribution in [3.63, 3.8) is 0 Å². The van der Waals surface area contributed by atoms with E-state index in [9.17, 15) is 4.79 Å². The summed E-state index contributed by atoms with van der Waals surface area (Å²) < 4.78 is 15.3. The largest absolute Gasteiger partial charge is 0.469 e. The molecule has 4 heteroatoms. The summed E-state index contributed by atoms with van der Waals surface area (Å²) in [5.74, 6) is 0.482. The third-order valence-corrected chi connectivity index (χ3v) is 1.91. The minimum absolute atomic E-state index is 0.126. The van der Waals surface area contributed by atoms with Gasteiger partial charge in [-0.25, -0.2) is 4.79 Å². The van der Waals surface area contributed by atoms with E-state index < -0.39 is 0 Å². The summed E-state index contributed by atoms with van der Waals surface area (Å²) in [7, 11) is 0. The Morgan fingerprint density at radius 1 is 1.71 bits per heavy atom. The summed E-state index contributed by atoms with van der Waals surface area (Å²) in [6.45, 7) is 6.38. The third-order valence-electron chi connectivity index (χ3n) is 1.91. The average Bonchev–Trinajstić information content (AvgIpc) is 2.52. The average molecular weight is 200 g/mol. The van der Waals surface area contributed by atoms with E-state index in [0.29, 0.717) is 12.4 Å². The number of hydrogen-bond acceptors (Lipinski definition) is 4. The molecular formula is C10H16O4. The van der Waals surface area contributed by atoms with Gasteiger partial charge in [0.15, 0.2) is 6.79 Å². The number of carbonyl (C=O) groups is 1. The Morgan fingerprint density at radius 3 is 3.00 bits per heavy atom. The van der Waals surface area contributed by atoms with Crippen LogP contribution in [-0.2, 0) is 19.0 Å². The molecule has 1 saturated heterocycles. The van der Waals surface area contributed by atoms with Crippen molar-refractivity contribution >= 4 is 5.97 Å². The minimum atomic E-state index is -0.376. The Bertz CT molecular complexity index is 232. The fraction of sp³-hybridized carbons (Fsp3) is 0.700. The molecule has 0 unspecified atom stereocenters. The first kappa shape index (κ1) is 11.0. The van der Waals surface area contributed by atoms with Gasteiger partial charge in [-0.05, 0) is 12.8 Å². The van der Waals surface area contributed by atoms with E-state index >= 15 is 0 Å². The number of carbonyl (C=O) groups excluding carboxylic acids is 1. The monoisotopic (exact) mass is 200 g/mol. The fourth-order valence-corrected chi connectivity index (χ4v) is 1.28. The maximum absolute atomic E-state index is 11.1. The molecule has 0 radical (unpaired) electrons. The van der Waals surface area contributed by atoms with Crippen molar-refractivity contribution in [2.45, 2.75) is 26.9 Å². The van der Waals surface area contributed by atoms with Crippen molar-refractivity contribution in [2.24, 2.45) is 5.92 Å². The molecule has 0 saturated carbocycles. The van der Waals surface area contributed by atoms with E-state index in [1.54, 1.807) is 6.92 Å². The Balaban J connectivity index is 2.61. The van der Waals surface area contributed by atoms with Crippen molar-refractivity contribution in [3.8, 4) is 0 Å². The molecule has 0 aromatic rings. The third kappa shape index (κ3) is 2.73. The zero-order valence-electron chi connectivity index (χ0n) is 8.78. The van der Waals surface area contributed by atoms with Crippen LogP contribution in [0.2, 0.25) is 0 Å². The highest BCUT2D eigenvalue weighted by atomic mass is 16.7. The van der Waals surface area contributed by atoms with E-state index in [1.807, 2.05) is 13.8 Å². The SMILES string of the molecule is CCOC(=O)/C=C1/OCO[C@H]1C(C)C. The Hall–Kier alpha value is -1.03. The van der Waals surface area contributed by atoms with Gasteiger partial charge >= 0.3 is 5.97 Å². The normalized spacial score (nSPS) is 24.0. The van der Waals surface area contributed by atoms with Crippen LogP contribution in [0.4, 0.5) is 0 Å². The van der Waals surface area contributed by atoms with Gasteiger partial charge in [-0.1, -0.05) is 13.8 Å². The van der Waals surface area contributed by atoms with Gasteiger partial charge in [0.05, 0.1) is 12.7 Å². The van der Waals surface area contributed by atoms with Gasteiger partial charge in [-0.2, -0.15) is 0 Å².